The van der Waals surface area contributed by atoms with Crippen LogP contribution in [0.5, 0.6) is 0 Å². The monoisotopic (exact) mass is 542 g/mol. The van der Waals surface area contributed by atoms with Gasteiger partial charge in [0, 0.05) is 31.7 Å². The minimum absolute atomic E-state index is 0.000467. The lowest BCUT2D eigenvalue weighted by atomic mass is 9.84. The van der Waals surface area contributed by atoms with E-state index < -0.39 is 6.04 Å². The molecule has 1 saturated carbocycles. The van der Waals surface area contributed by atoms with Gasteiger partial charge in [-0.05, 0) is 42.4 Å². The molecule has 0 spiro atoms. The van der Waals surface area contributed by atoms with Gasteiger partial charge >= 0.3 is 0 Å². The van der Waals surface area contributed by atoms with Crippen molar-refractivity contribution in [1.82, 2.24) is 30.4 Å². The van der Waals surface area contributed by atoms with Gasteiger partial charge in [0.05, 0.1) is 15.2 Å². The molecule has 1 unspecified atom stereocenters. The van der Waals surface area contributed by atoms with Gasteiger partial charge in [-0.2, -0.15) is 0 Å². The summed E-state index contributed by atoms with van der Waals surface area (Å²) in [5, 5.41) is 16.1. The molecule has 0 aliphatic heterocycles. The average Bonchev–Trinajstić information content (AvgIpc) is 3.50. The fourth-order valence-electron chi connectivity index (χ4n) is 4.80. The molecular weight excluding hydrogens is 504 g/mol. The molecule has 0 saturated heterocycles. The number of hydrogen-bond acceptors (Lipinski definition) is 7. The molecule has 8 nitrogen and oxygen atoms in total. The molecule has 1 aliphatic carbocycles. The number of rotatable bonds is 11. The van der Waals surface area contributed by atoms with E-state index >= 15 is 0 Å². The minimum atomic E-state index is -0.663. The molecule has 1 fully saturated rings. The van der Waals surface area contributed by atoms with Gasteiger partial charge in [0.2, 0.25) is 11.8 Å². The summed E-state index contributed by atoms with van der Waals surface area (Å²) in [5.74, 6) is 1.30. The van der Waals surface area contributed by atoms with Crippen LogP contribution in [0.3, 0.4) is 0 Å². The molecule has 200 valence electrons. The second kappa shape index (κ2) is 12.9. The third-order valence-corrected chi connectivity index (χ3v) is 9.28. The number of amides is 2. The molecule has 0 bridgehead atoms. The van der Waals surface area contributed by atoms with E-state index in [1.165, 1.54) is 24.8 Å². The van der Waals surface area contributed by atoms with Crippen LogP contribution in [0.15, 0.2) is 29.7 Å². The zero-order chi connectivity index (χ0) is 26.4. The van der Waals surface area contributed by atoms with Crippen LogP contribution in [0, 0.1) is 5.92 Å². The number of benzene rings is 1. The van der Waals surface area contributed by atoms with E-state index in [1.54, 1.807) is 36.3 Å². The van der Waals surface area contributed by atoms with E-state index in [1.807, 2.05) is 17.7 Å². The Balaban J connectivity index is 1.51. The quantitative estimate of drug-likeness (QED) is 0.336. The molecule has 1 aliphatic rings. The van der Waals surface area contributed by atoms with Crippen LogP contribution in [0.4, 0.5) is 0 Å². The molecule has 0 radical (unpaired) electrons. The molecule has 4 rings (SSSR count). The summed E-state index contributed by atoms with van der Waals surface area (Å²) < 4.78 is 3.01. The van der Waals surface area contributed by atoms with E-state index in [2.05, 4.69) is 46.8 Å². The van der Waals surface area contributed by atoms with Crippen LogP contribution < -0.4 is 10.6 Å². The minimum Gasteiger partial charge on any atom is -0.350 e. The lowest BCUT2D eigenvalue weighted by Gasteiger charge is -2.32. The summed E-state index contributed by atoms with van der Waals surface area (Å²) in [5.41, 5.74) is 2.21. The number of hydrogen-bond donors (Lipinski definition) is 2. The Bertz CT molecular complexity index is 1200. The van der Waals surface area contributed by atoms with Crippen molar-refractivity contribution in [2.75, 3.05) is 5.75 Å². The second-order valence-corrected chi connectivity index (χ2v) is 12.3. The smallest absolute Gasteiger partial charge is 0.243 e. The predicted octanol–water partition coefficient (Wildman–Crippen LogP) is 4.84. The maximum atomic E-state index is 13.6. The van der Waals surface area contributed by atoms with Gasteiger partial charge in [-0.1, -0.05) is 57.9 Å². The molecule has 2 atom stereocenters. The maximum Gasteiger partial charge on any atom is 0.243 e. The van der Waals surface area contributed by atoms with Gasteiger partial charge in [-0.15, -0.1) is 21.5 Å². The third-order valence-electron chi connectivity index (χ3n) is 7.08. The summed E-state index contributed by atoms with van der Waals surface area (Å²) in [6, 6.07) is 5.68. The zero-order valence-electron chi connectivity index (χ0n) is 22.2. The van der Waals surface area contributed by atoms with E-state index in [-0.39, 0.29) is 17.9 Å². The summed E-state index contributed by atoms with van der Waals surface area (Å²) >= 11 is 3.22. The Morgan fingerprint density at radius 3 is 2.65 bits per heavy atom. The summed E-state index contributed by atoms with van der Waals surface area (Å²) in [7, 11) is 1.93. The van der Waals surface area contributed by atoms with Crippen molar-refractivity contribution in [3.8, 4) is 0 Å². The topological polar surface area (TPSA) is 102 Å². The molecule has 3 aromatic rings. The van der Waals surface area contributed by atoms with Crippen LogP contribution in [0.25, 0.3) is 10.2 Å². The highest BCUT2D eigenvalue weighted by Crippen LogP contribution is 2.30. The zero-order valence-corrected chi connectivity index (χ0v) is 23.8. The Hall–Kier alpha value is -2.46. The molecule has 10 heteroatoms. The predicted molar refractivity (Wildman–Crippen MR) is 150 cm³/mol. The number of nitrogens with zero attached hydrogens (tertiary/aromatic N) is 4. The van der Waals surface area contributed by atoms with Crippen molar-refractivity contribution in [2.24, 2.45) is 13.0 Å². The summed E-state index contributed by atoms with van der Waals surface area (Å²) in [6.07, 6.45) is 8.22. The van der Waals surface area contributed by atoms with Gasteiger partial charge in [0.15, 0.2) is 5.16 Å². The summed E-state index contributed by atoms with van der Waals surface area (Å²) in [6.45, 7) is 6.15. The van der Waals surface area contributed by atoms with Crippen molar-refractivity contribution in [2.45, 2.75) is 88.9 Å². The van der Waals surface area contributed by atoms with Crippen LogP contribution in [-0.4, -0.2) is 49.4 Å². The molecule has 2 heterocycles. The summed E-state index contributed by atoms with van der Waals surface area (Å²) in [4.78, 5) is 30.8. The Kier molecular flexibility index (Phi) is 9.59. The molecule has 1 aromatic carbocycles. The lowest BCUT2D eigenvalue weighted by molar-refractivity contribution is -0.129. The van der Waals surface area contributed by atoms with E-state index in [4.69, 9.17) is 4.98 Å². The molecule has 2 amide bonds. The first-order valence-corrected chi connectivity index (χ1v) is 15.1. The largest absolute Gasteiger partial charge is 0.350 e. The van der Waals surface area contributed by atoms with Crippen LogP contribution in [0.2, 0.25) is 0 Å². The van der Waals surface area contributed by atoms with Crippen molar-refractivity contribution < 1.29 is 9.59 Å². The number of nitrogens with one attached hydrogen (secondary N) is 2. The number of carbonyl (C=O) groups is 2. The number of aryl methyl sites for hydroxylation is 1. The van der Waals surface area contributed by atoms with Crippen LogP contribution >= 0.6 is 23.1 Å². The molecule has 2 aromatic heterocycles. The Labute approximate surface area is 227 Å². The van der Waals surface area contributed by atoms with Crippen molar-refractivity contribution >= 4 is 45.1 Å². The van der Waals surface area contributed by atoms with Crippen molar-refractivity contribution in [3.63, 3.8) is 0 Å². The second-order valence-electron chi connectivity index (χ2n) is 10.2. The first-order chi connectivity index (χ1) is 17.8. The number of fused-ring (bicyclic) bond motifs is 1. The fourth-order valence-corrected chi connectivity index (χ4v) is 6.90. The third kappa shape index (κ3) is 7.31. The van der Waals surface area contributed by atoms with Crippen molar-refractivity contribution in [3.05, 3.63) is 35.1 Å². The van der Waals surface area contributed by atoms with Gasteiger partial charge < -0.3 is 15.2 Å². The first-order valence-electron chi connectivity index (χ1n) is 13.3. The fraction of sp³-hybridized carbons (Fsp3) is 0.593. The number of aromatic nitrogens is 4. The number of thioether (sulfide) groups is 1. The highest BCUT2D eigenvalue weighted by molar-refractivity contribution is 7.99. The van der Waals surface area contributed by atoms with Gasteiger partial charge in [0.1, 0.15) is 12.4 Å². The highest BCUT2D eigenvalue weighted by Gasteiger charge is 2.30. The standard InChI is InChI=1S/C27H38N6O2S2/c1-5-24(34)29-21(14-25-30-20-12-11-19(17(2)3)13-23(20)37-25)26(35)31-22(18-9-7-6-8-10-18)15-36-27-32-28-16-33(27)4/h11-13,16-18,21-22H,5-10,14-15H2,1-4H3,(H,29,34)(H,31,35)/t21-,22?/m0/s1. The first kappa shape index (κ1) is 27.6. The van der Waals surface area contributed by atoms with Crippen LogP contribution in [0.1, 0.15) is 75.8 Å². The molecule has 37 heavy (non-hydrogen) atoms. The molecule has 2 N–H and O–H groups in total. The lowest BCUT2D eigenvalue weighted by Crippen LogP contribution is -2.53. The van der Waals surface area contributed by atoms with Gasteiger partial charge in [-0.25, -0.2) is 4.98 Å². The normalized spacial score (nSPS) is 16.1. The van der Waals surface area contributed by atoms with E-state index in [0.717, 1.165) is 39.0 Å². The Morgan fingerprint density at radius 2 is 1.97 bits per heavy atom. The van der Waals surface area contributed by atoms with Crippen molar-refractivity contribution in [1.29, 1.82) is 0 Å². The van der Waals surface area contributed by atoms with E-state index in [9.17, 15) is 9.59 Å². The number of thiazole rings is 1. The maximum absolute atomic E-state index is 13.6. The Morgan fingerprint density at radius 1 is 1.19 bits per heavy atom. The number of carbonyl (C=O) groups excluding carboxylic acids is 2. The SMILES string of the molecule is CCC(=O)N[C@@H](Cc1nc2ccc(C(C)C)cc2s1)C(=O)NC(CSc1nncn1C)C1CCCCC1. The van der Waals surface area contributed by atoms with E-state index in [0.29, 0.717) is 24.7 Å². The van der Waals surface area contributed by atoms with Crippen LogP contribution in [-0.2, 0) is 23.1 Å². The average molecular weight is 543 g/mol. The van der Waals surface area contributed by atoms with Gasteiger partial charge in [-0.3, -0.25) is 9.59 Å². The molecular formula is C27H38N6O2S2. The van der Waals surface area contributed by atoms with Gasteiger partial charge in [0.25, 0.3) is 0 Å². The highest BCUT2D eigenvalue weighted by atomic mass is 32.2.